The standard InChI is InChI=1S/C21H22N2O/c22-15-20-18-9-5-4-8-17(18)19(16-6-2-1-3-7-16)14-21(20)23-10-12-24-13-11-23/h1-3,6-7,14H,4-5,8-13H2. The number of morpholine rings is 1. The highest BCUT2D eigenvalue weighted by Gasteiger charge is 2.24. The number of anilines is 1. The molecule has 0 atom stereocenters. The molecular formula is C21H22N2O. The third kappa shape index (κ3) is 2.68. The highest BCUT2D eigenvalue weighted by molar-refractivity contribution is 5.79. The van der Waals surface area contributed by atoms with Crippen LogP contribution in [-0.2, 0) is 17.6 Å². The van der Waals surface area contributed by atoms with Crippen molar-refractivity contribution >= 4 is 5.69 Å². The zero-order valence-corrected chi connectivity index (χ0v) is 13.9. The van der Waals surface area contributed by atoms with Crippen LogP contribution in [0.1, 0.15) is 29.5 Å². The second-order valence-corrected chi connectivity index (χ2v) is 6.56. The minimum Gasteiger partial charge on any atom is -0.378 e. The molecule has 122 valence electrons. The largest absolute Gasteiger partial charge is 0.378 e. The molecular weight excluding hydrogens is 296 g/mol. The van der Waals surface area contributed by atoms with Gasteiger partial charge in [-0.1, -0.05) is 30.3 Å². The van der Waals surface area contributed by atoms with Crippen molar-refractivity contribution in [1.29, 1.82) is 5.26 Å². The smallest absolute Gasteiger partial charge is 0.102 e. The SMILES string of the molecule is N#Cc1c(N2CCOCC2)cc(-c2ccccc2)c2c1CCCC2. The molecule has 2 aliphatic rings. The van der Waals surface area contributed by atoms with Gasteiger partial charge in [0.2, 0.25) is 0 Å². The van der Waals surface area contributed by atoms with E-state index in [1.165, 1.54) is 35.1 Å². The molecule has 1 heterocycles. The van der Waals surface area contributed by atoms with E-state index in [4.69, 9.17) is 4.74 Å². The van der Waals surface area contributed by atoms with Crippen LogP contribution >= 0.6 is 0 Å². The molecule has 24 heavy (non-hydrogen) atoms. The molecule has 0 amide bonds. The Morgan fingerprint density at radius 2 is 1.67 bits per heavy atom. The van der Waals surface area contributed by atoms with Crippen LogP contribution in [0.2, 0.25) is 0 Å². The summed E-state index contributed by atoms with van der Waals surface area (Å²) in [6, 6.07) is 15.4. The monoisotopic (exact) mass is 318 g/mol. The second-order valence-electron chi connectivity index (χ2n) is 6.56. The van der Waals surface area contributed by atoms with Crippen LogP contribution in [-0.4, -0.2) is 26.3 Å². The summed E-state index contributed by atoms with van der Waals surface area (Å²) in [5.74, 6) is 0. The van der Waals surface area contributed by atoms with Crippen molar-refractivity contribution in [2.75, 3.05) is 31.2 Å². The van der Waals surface area contributed by atoms with Gasteiger partial charge in [0.15, 0.2) is 0 Å². The van der Waals surface area contributed by atoms with Gasteiger partial charge in [-0.15, -0.1) is 0 Å². The van der Waals surface area contributed by atoms with E-state index in [1.54, 1.807) is 0 Å². The van der Waals surface area contributed by atoms with Crippen LogP contribution in [0, 0.1) is 11.3 Å². The van der Waals surface area contributed by atoms with E-state index in [1.807, 2.05) is 0 Å². The van der Waals surface area contributed by atoms with Crippen molar-refractivity contribution < 1.29 is 4.74 Å². The number of hydrogen-bond donors (Lipinski definition) is 0. The summed E-state index contributed by atoms with van der Waals surface area (Å²) in [5.41, 5.74) is 7.24. The van der Waals surface area contributed by atoms with Crippen LogP contribution < -0.4 is 4.90 Å². The third-order valence-corrected chi connectivity index (χ3v) is 5.18. The van der Waals surface area contributed by atoms with Crippen molar-refractivity contribution in [1.82, 2.24) is 0 Å². The molecule has 2 aromatic rings. The molecule has 1 aliphatic heterocycles. The Morgan fingerprint density at radius 1 is 0.958 bits per heavy atom. The molecule has 0 saturated carbocycles. The van der Waals surface area contributed by atoms with Gasteiger partial charge in [-0.2, -0.15) is 5.26 Å². The Kier molecular flexibility index (Phi) is 4.23. The molecule has 1 saturated heterocycles. The molecule has 0 unspecified atom stereocenters. The van der Waals surface area contributed by atoms with Gasteiger partial charge in [-0.25, -0.2) is 0 Å². The van der Waals surface area contributed by atoms with Crippen molar-refractivity contribution in [3.8, 4) is 17.2 Å². The maximum atomic E-state index is 9.86. The first-order chi connectivity index (χ1) is 11.9. The van der Waals surface area contributed by atoms with Crippen LogP contribution in [0.25, 0.3) is 11.1 Å². The van der Waals surface area contributed by atoms with Crippen molar-refractivity contribution in [2.45, 2.75) is 25.7 Å². The van der Waals surface area contributed by atoms with E-state index in [0.717, 1.165) is 50.4 Å². The van der Waals surface area contributed by atoms with Crippen LogP contribution in [0.5, 0.6) is 0 Å². The highest BCUT2D eigenvalue weighted by Crippen LogP contribution is 2.39. The normalized spacial score (nSPS) is 17.2. The summed E-state index contributed by atoms with van der Waals surface area (Å²) in [7, 11) is 0. The van der Waals surface area contributed by atoms with E-state index < -0.39 is 0 Å². The van der Waals surface area contributed by atoms with Gasteiger partial charge in [0, 0.05) is 13.1 Å². The molecule has 4 rings (SSSR count). The minimum absolute atomic E-state index is 0.739. The fourth-order valence-corrected chi connectivity index (χ4v) is 3.98. The third-order valence-electron chi connectivity index (χ3n) is 5.18. The molecule has 2 aromatic carbocycles. The van der Waals surface area contributed by atoms with E-state index in [-0.39, 0.29) is 0 Å². The van der Waals surface area contributed by atoms with Gasteiger partial charge in [0.05, 0.1) is 24.5 Å². The molecule has 1 fully saturated rings. The Bertz CT molecular complexity index is 771. The molecule has 0 N–H and O–H groups in total. The molecule has 0 radical (unpaired) electrons. The number of benzene rings is 2. The second kappa shape index (κ2) is 6.67. The first-order valence-corrected chi connectivity index (χ1v) is 8.85. The Balaban J connectivity index is 1.92. The predicted molar refractivity (Wildman–Crippen MR) is 96.3 cm³/mol. The number of hydrogen-bond acceptors (Lipinski definition) is 3. The van der Waals surface area contributed by atoms with E-state index in [0.29, 0.717) is 0 Å². The van der Waals surface area contributed by atoms with Crippen molar-refractivity contribution in [2.24, 2.45) is 0 Å². The summed E-state index contributed by atoms with van der Waals surface area (Å²) >= 11 is 0. The summed E-state index contributed by atoms with van der Waals surface area (Å²) in [6.07, 6.45) is 4.50. The van der Waals surface area contributed by atoms with Crippen molar-refractivity contribution in [3.63, 3.8) is 0 Å². The fraction of sp³-hybridized carbons (Fsp3) is 0.381. The van der Waals surface area contributed by atoms with Gasteiger partial charge in [-0.05, 0) is 54.0 Å². The van der Waals surface area contributed by atoms with Crippen LogP contribution in [0.3, 0.4) is 0 Å². The Morgan fingerprint density at radius 3 is 2.38 bits per heavy atom. The lowest BCUT2D eigenvalue weighted by Gasteiger charge is -2.32. The lowest BCUT2D eigenvalue weighted by Crippen LogP contribution is -2.37. The molecule has 0 bridgehead atoms. The van der Waals surface area contributed by atoms with Gasteiger partial charge in [0.25, 0.3) is 0 Å². The quantitative estimate of drug-likeness (QED) is 0.841. The van der Waals surface area contributed by atoms with E-state index in [9.17, 15) is 5.26 Å². The average molecular weight is 318 g/mol. The van der Waals surface area contributed by atoms with Gasteiger partial charge in [0.1, 0.15) is 6.07 Å². The lowest BCUT2D eigenvalue weighted by atomic mass is 9.82. The summed E-state index contributed by atoms with van der Waals surface area (Å²) < 4.78 is 5.50. The summed E-state index contributed by atoms with van der Waals surface area (Å²) in [5, 5.41) is 9.86. The topological polar surface area (TPSA) is 36.3 Å². The van der Waals surface area contributed by atoms with Gasteiger partial charge >= 0.3 is 0 Å². The van der Waals surface area contributed by atoms with E-state index >= 15 is 0 Å². The summed E-state index contributed by atoms with van der Waals surface area (Å²) in [6.45, 7) is 3.20. The average Bonchev–Trinajstić information content (AvgIpc) is 2.68. The molecule has 1 aliphatic carbocycles. The number of ether oxygens (including phenoxy) is 1. The zero-order chi connectivity index (χ0) is 16.4. The highest BCUT2D eigenvalue weighted by atomic mass is 16.5. The molecule has 0 spiro atoms. The fourth-order valence-electron chi connectivity index (χ4n) is 3.98. The van der Waals surface area contributed by atoms with Crippen LogP contribution in [0.15, 0.2) is 36.4 Å². The molecule has 0 aromatic heterocycles. The Hall–Kier alpha value is -2.31. The lowest BCUT2D eigenvalue weighted by molar-refractivity contribution is 0.122. The molecule has 3 nitrogen and oxygen atoms in total. The maximum absolute atomic E-state index is 9.86. The predicted octanol–water partition coefficient (Wildman–Crippen LogP) is 3.94. The van der Waals surface area contributed by atoms with Gasteiger partial charge in [-0.3, -0.25) is 0 Å². The van der Waals surface area contributed by atoms with Gasteiger partial charge < -0.3 is 9.64 Å². The number of rotatable bonds is 2. The summed E-state index contributed by atoms with van der Waals surface area (Å²) in [4.78, 5) is 2.32. The molecule has 3 heteroatoms. The maximum Gasteiger partial charge on any atom is 0.102 e. The first kappa shape index (κ1) is 15.2. The zero-order valence-electron chi connectivity index (χ0n) is 13.9. The van der Waals surface area contributed by atoms with Crippen LogP contribution in [0.4, 0.5) is 5.69 Å². The minimum atomic E-state index is 0.739. The van der Waals surface area contributed by atoms with Crippen molar-refractivity contribution in [3.05, 3.63) is 53.1 Å². The number of nitrogens with zero attached hydrogens (tertiary/aromatic N) is 2. The Labute approximate surface area is 143 Å². The number of nitriles is 1. The first-order valence-electron chi connectivity index (χ1n) is 8.85. The van der Waals surface area contributed by atoms with E-state index in [2.05, 4.69) is 47.4 Å². The number of fused-ring (bicyclic) bond motifs is 1.